The summed E-state index contributed by atoms with van der Waals surface area (Å²) < 4.78 is 38.8. The monoisotopic (exact) mass is 233 g/mol. The summed E-state index contributed by atoms with van der Waals surface area (Å²) in [5.74, 6) is -2.53. The van der Waals surface area contributed by atoms with Crippen LogP contribution in [0.25, 0.3) is 0 Å². The minimum absolute atomic E-state index is 0.0238. The molecule has 0 radical (unpaired) electrons. The van der Waals surface area contributed by atoms with Crippen molar-refractivity contribution in [3.63, 3.8) is 0 Å². The first-order chi connectivity index (χ1) is 7.04. The van der Waals surface area contributed by atoms with Crippen molar-refractivity contribution < 1.29 is 18.1 Å². The summed E-state index contributed by atoms with van der Waals surface area (Å²) in [5.41, 5.74) is 0. The smallest absolute Gasteiger partial charge is 0.261 e. The maximum atomic E-state index is 12.7. The van der Waals surface area contributed by atoms with E-state index in [1.807, 2.05) is 0 Å². The van der Waals surface area contributed by atoms with Gasteiger partial charge in [0.15, 0.2) is 16.5 Å². The molecule has 0 bridgehead atoms. The van der Waals surface area contributed by atoms with E-state index < -0.39 is 28.9 Å². The van der Waals surface area contributed by atoms with Crippen LogP contribution in [-0.4, -0.2) is 10.5 Å². The first kappa shape index (κ1) is 11.9. The van der Waals surface area contributed by atoms with Gasteiger partial charge in [0.05, 0.1) is 0 Å². The van der Waals surface area contributed by atoms with Crippen molar-refractivity contribution >= 4 is 17.3 Å². The molecule has 0 fully saturated rings. The second kappa shape index (κ2) is 5.09. The van der Waals surface area contributed by atoms with Crippen molar-refractivity contribution in [2.24, 2.45) is 0 Å². The standard InChI is InChI=1S/C9H9F2NO2S/c1-2-9(13)12-15(14)6-3-4-7(10)8(11)5-6/h3-5H,2H2,1H3,(H,12,13). The molecule has 1 rings (SSSR count). The van der Waals surface area contributed by atoms with Gasteiger partial charge >= 0.3 is 0 Å². The number of benzene rings is 1. The molecule has 0 aliphatic carbocycles. The number of carbonyl (C=O) groups excluding carboxylic acids is 1. The number of hydrogen-bond donors (Lipinski definition) is 1. The average molecular weight is 233 g/mol. The van der Waals surface area contributed by atoms with Gasteiger partial charge in [-0.1, -0.05) is 6.92 Å². The molecule has 0 saturated heterocycles. The van der Waals surface area contributed by atoms with Gasteiger partial charge in [0.1, 0.15) is 11.4 Å². The summed E-state index contributed by atoms with van der Waals surface area (Å²) in [4.78, 5) is 10.9. The van der Waals surface area contributed by atoms with E-state index in [0.717, 1.165) is 18.2 Å². The Balaban J connectivity index is 2.78. The van der Waals surface area contributed by atoms with E-state index in [1.54, 1.807) is 6.92 Å². The van der Waals surface area contributed by atoms with Crippen LogP contribution in [0.3, 0.4) is 0 Å². The molecule has 1 aromatic rings. The molecule has 0 aromatic heterocycles. The lowest BCUT2D eigenvalue weighted by Gasteiger charge is -2.09. The molecule has 15 heavy (non-hydrogen) atoms. The van der Waals surface area contributed by atoms with Crippen LogP contribution in [-0.2, 0) is 16.2 Å². The highest BCUT2D eigenvalue weighted by atomic mass is 32.2. The fourth-order valence-electron chi connectivity index (χ4n) is 0.827. The molecule has 1 aromatic carbocycles. The zero-order valence-corrected chi connectivity index (χ0v) is 8.74. The predicted octanol–water partition coefficient (Wildman–Crippen LogP) is 1.51. The lowest BCUT2D eigenvalue weighted by Crippen LogP contribution is -2.29. The highest BCUT2D eigenvalue weighted by Crippen LogP contribution is 2.13. The van der Waals surface area contributed by atoms with Crippen LogP contribution in [0.2, 0.25) is 0 Å². The molecule has 82 valence electrons. The number of nitrogens with one attached hydrogen (secondary N) is 1. The highest BCUT2D eigenvalue weighted by molar-refractivity contribution is 7.90. The Labute approximate surface area is 88.8 Å². The normalized spacial score (nSPS) is 12.3. The van der Waals surface area contributed by atoms with Gasteiger partial charge in [-0.15, -0.1) is 0 Å². The first-order valence-electron chi connectivity index (χ1n) is 4.21. The van der Waals surface area contributed by atoms with Crippen LogP contribution in [0.1, 0.15) is 13.3 Å². The van der Waals surface area contributed by atoms with E-state index in [-0.39, 0.29) is 11.3 Å². The van der Waals surface area contributed by atoms with E-state index in [9.17, 15) is 18.1 Å². The molecule has 1 unspecified atom stereocenters. The molecule has 0 aliphatic rings. The Morgan fingerprint density at radius 1 is 1.47 bits per heavy atom. The predicted molar refractivity (Wildman–Crippen MR) is 51.2 cm³/mol. The van der Waals surface area contributed by atoms with Gasteiger partial charge in [0.2, 0.25) is 0 Å². The molecule has 6 heteroatoms. The van der Waals surface area contributed by atoms with E-state index in [0.29, 0.717) is 0 Å². The van der Waals surface area contributed by atoms with E-state index in [4.69, 9.17) is 0 Å². The Hall–Kier alpha value is -1.14. The molecule has 0 spiro atoms. The zero-order valence-electron chi connectivity index (χ0n) is 7.92. The van der Waals surface area contributed by atoms with Gasteiger partial charge in [-0.3, -0.25) is 4.79 Å². The number of hydrogen-bond acceptors (Lipinski definition) is 2. The van der Waals surface area contributed by atoms with Crippen LogP contribution in [0, 0.1) is 11.6 Å². The maximum absolute atomic E-state index is 12.7. The van der Waals surface area contributed by atoms with E-state index in [2.05, 4.69) is 4.72 Å². The number of amides is 1. The third-order valence-electron chi connectivity index (χ3n) is 1.63. The van der Waals surface area contributed by atoms with Crippen molar-refractivity contribution in [1.29, 1.82) is 0 Å². The molecule has 1 amide bonds. The van der Waals surface area contributed by atoms with Gasteiger partial charge in [-0.2, -0.15) is 4.72 Å². The average Bonchev–Trinajstić information content (AvgIpc) is 2.21. The summed E-state index contributed by atoms with van der Waals surface area (Å²) in [5, 5.41) is 0. The molecular weight excluding hydrogens is 224 g/mol. The van der Waals surface area contributed by atoms with Crippen LogP contribution in [0.4, 0.5) is 8.78 Å². The second-order valence-corrected chi connectivity index (χ2v) is 3.94. The van der Waals surface area contributed by atoms with Crippen LogP contribution in [0.5, 0.6) is 0 Å². The van der Waals surface area contributed by atoms with Gasteiger partial charge in [0.25, 0.3) is 5.91 Å². The highest BCUT2D eigenvalue weighted by Gasteiger charge is 2.16. The molecule has 0 heterocycles. The van der Waals surface area contributed by atoms with Gasteiger partial charge in [-0.05, 0) is 12.1 Å². The molecule has 0 saturated carbocycles. The lowest BCUT2D eigenvalue weighted by atomic mass is 10.3. The van der Waals surface area contributed by atoms with Crippen LogP contribution >= 0.6 is 0 Å². The maximum Gasteiger partial charge on any atom is 0.261 e. The van der Waals surface area contributed by atoms with Crippen LogP contribution < -0.4 is 4.72 Å². The number of halogens is 2. The molecular formula is C9H9F2NO2S. The SMILES string of the molecule is CCC(=O)N[S+]([O-])c1ccc(F)c(F)c1. The molecule has 1 N–H and O–H groups in total. The topological polar surface area (TPSA) is 52.2 Å². The lowest BCUT2D eigenvalue weighted by molar-refractivity contribution is -0.119. The second-order valence-electron chi connectivity index (χ2n) is 2.72. The van der Waals surface area contributed by atoms with Gasteiger partial charge < -0.3 is 4.55 Å². The third-order valence-corrected chi connectivity index (χ3v) is 2.73. The summed E-state index contributed by atoms with van der Waals surface area (Å²) in [6.45, 7) is 1.60. The minimum atomic E-state index is -1.84. The van der Waals surface area contributed by atoms with Crippen molar-refractivity contribution in [2.75, 3.05) is 0 Å². The fraction of sp³-hybridized carbons (Fsp3) is 0.222. The summed E-state index contributed by atoms with van der Waals surface area (Å²) >= 11 is -1.84. The number of carbonyl (C=O) groups is 1. The Morgan fingerprint density at radius 3 is 2.67 bits per heavy atom. The van der Waals surface area contributed by atoms with Crippen molar-refractivity contribution in [3.8, 4) is 0 Å². The van der Waals surface area contributed by atoms with E-state index >= 15 is 0 Å². The zero-order chi connectivity index (χ0) is 11.4. The van der Waals surface area contributed by atoms with Crippen LogP contribution in [0.15, 0.2) is 23.1 Å². The summed E-state index contributed by atoms with van der Waals surface area (Å²) in [6.07, 6.45) is 0.176. The molecule has 1 atom stereocenters. The first-order valence-corrected chi connectivity index (χ1v) is 5.36. The number of rotatable bonds is 3. The van der Waals surface area contributed by atoms with Crippen molar-refractivity contribution in [3.05, 3.63) is 29.8 Å². The molecule has 0 aliphatic heterocycles. The Kier molecular flexibility index (Phi) is 4.05. The minimum Gasteiger partial charge on any atom is -0.588 e. The van der Waals surface area contributed by atoms with Crippen molar-refractivity contribution in [1.82, 2.24) is 4.72 Å². The summed E-state index contributed by atoms with van der Waals surface area (Å²) in [7, 11) is 0. The van der Waals surface area contributed by atoms with Gasteiger partial charge in [0, 0.05) is 12.5 Å². The van der Waals surface area contributed by atoms with Crippen molar-refractivity contribution in [2.45, 2.75) is 18.2 Å². The Bertz CT molecular complexity index is 373. The Morgan fingerprint density at radius 2 is 2.13 bits per heavy atom. The largest absolute Gasteiger partial charge is 0.588 e. The quantitative estimate of drug-likeness (QED) is 0.804. The third kappa shape index (κ3) is 3.17. The fourth-order valence-corrected chi connectivity index (χ4v) is 1.70. The summed E-state index contributed by atoms with van der Waals surface area (Å²) in [6, 6.07) is 2.81. The molecule has 3 nitrogen and oxygen atoms in total. The van der Waals surface area contributed by atoms with E-state index in [1.165, 1.54) is 0 Å². The van der Waals surface area contributed by atoms with Gasteiger partial charge in [-0.25, -0.2) is 8.78 Å².